The van der Waals surface area contributed by atoms with Crippen molar-refractivity contribution in [3.63, 3.8) is 0 Å². The number of carbonyl (C=O) groups is 1. The normalized spacial score (nSPS) is 12.7. The molecule has 0 unspecified atom stereocenters. The third kappa shape index (κ3) is 6.25. The monoisotopic (exact) mass is 542 g/mol. The second-order valence-electron chi connectivity index (χ2n) is 8.73. The van der Waals surface area contributed by atoms with Crippen LogP contribution in [0.4, 0.5) is 8.78 Å². The van der Waals surface area contributed by atoms with Gasteiger partial charge in [0, 0.05) is 44.3 Å². The van der Waals surface area contributed by atoms with Crippen molar-refractivity contribution in [2.75, 3.05) is 33.4 Å². The molecule has 11 nitrogen and oxygen atoms in total. The predicted octanol–water partition coefficient (Wildman–Crippen LogP) is 2.77. The smallest absolute Gasteiger partial charge is 0.273 e. The topological polar surface area (TPSA) is 126 Å². The second-order valence-corrected chi connectivity index (χ2v) is 8.73. The van der Waals surface area contributed by atoms with E-state index in [0.29, 0.717) is 84.8 Å². The highest BCUT2D eigenvalue weighted by Crippen LogP contribution is 2.35. The van der Waals surface area contributed by atoms with E-state index in [-0.39, 0.29) is 18.1 Å². The summed E-state index contributed by atoms with van der Waals surface area (Å²) in [6.07, 6.45) is 1.28. The number of hydrogen-bond donors (Lipinski definition) is 2. The van der Waals surface area contributed by atoms with Gasteiger partial charge in [0.2, 0.25) is 0 Å². The van der Waals surface area contributed by atoms with Crippen LogP contribution in [0.15, 0.2) is 41.1 Å². The first-order valence-electron chi connectivity index (χ1n) is 12.5. The summed E-state index contributed by atoms with van der Waals surface area (Å²) in [5.74, 6) is 2.23. The number of aromatic nitrogens is 4. The van der Waals surface area contributed by atoms with Crippen molar-refractivity contribution in [2.45, 2.75) is 32.4 Å². The molecule has 1 aliphatic rings. The number of ether oxygens (including phenoxy) is 3. The first kappa shape index (κ1) is 26.4. The number of imidazole rings is 1. The van der Waals surface area contributed by atoms with Crippen LogP contribution in [0.1, 0.15) is 27.9 Å². The summed E-state index contributed by atoms with van der Waals surface area (Å²) in [5, 5.41) is 5.99. The minimum Gasteiger partial charge on any atom is -0.495 e. The Morgan fingerprint density at radius 1 is 1.15 bits per heavy atom. The van der Waals surface area contributed by atoms with Crippen LogP contribution in [-0.2, 0) is 25.9 Å². The van der Waals surface area contributed by atoms with Gasteiger partial charge in [0.05, 0.1) is 31.2 Å². The quantitative estimate of drug-likeness (QED) is 0.260. The summed E-state index contributed by atoms with van der Waals surface area (Å²) in [6, 6.07) is 6.95. The molecule has 206 valence electrons. The highest BCUT2D eigenvalue weighted by molar-refractivity contribution is 5.91. The zero-order valence-corrected chi connectivity index (χ0v) is 21.3. The average molecular weight is 543 g/mol. The molecule has 0 radical (unpaired) electrons. The van der Waals surface area contributed by atoms with E-state index in [9.17, 15) is 13.6 Å². The van der Waals surface area contributed by atoms with Crippen LogP contribution >= 0.6 is 0 Å². The number of methoxy groups -OCH3 is 1. The summed E-state index contributed by atoms with van der Waals surface area (Å²) in [6.45, 7) is 1.59. The maximum absolute atomic E-state index is 13.3. The first-order chi connectivity index (χ1) is 19.0. The number of nitrogens with zero attached hydrogens (tertiary/aromatic N) is 4. The molecule has 0 spiro atoms. The van der Waals surface area contributed by atoms with Crippen LogP contribution in [0.5, 0.6) is 17.2 Å². The standard InChI is InChI=1S/C26H28F2N6O5/c1-36-20-3-2-6-30-17(20)13-31-26(35)18-15-39-25(33-18)5-8-29-7-4-24-32-16-11-21-22(38-10-9-37-21)12-19(16)34(24)14-23(27)28/h2-3,6,11-12,15,23,29H,4-5,7-10,13-14H2,1H3,(H,31,35). The van der Waals surface area contributed by atoms with E-state index < -0.39 is 13.0 Å². The van der Waals surface area contributed by atoms with Crippen LogP contribution in [0, 0.1) is 0 Å². The van der Waals surface area contributed by atoms with Gasteiger partial charge in [-0.05, 0) is 12.1 Å². The van der Waals surface area contributed by atoms with Crippen molar-refractivity contribution in [3.8, 4) is 17.2 Å². The van der Waals surface area contributed by atoms with Crippen LogP contribution < -0.4 is 24.8 Å². The Balaban J connectivity index is 1.12. The minimum absolute atomic E-state index is 0.163. The lowest BCUT2D eigenvalue weighted by Gasteiger charge is -2.18. The Bertz CT molecular complexity index is 1440. The second kappa shape index (κ2) is 12.1. The van der Waals surface area contributed by atoms with Crippen molar-refractivity contribution in [2.24, 2.45) is 0 Å². The third-order valence-electron chi connectivity index (χ3n) is 6.12. The molecule has 0 atom stereocenters. The number of hydrogen-bond acceptors (Lipinski definition) is 9. The molecule has 0 saturated heterocycles. The number of alkyl halides is 2. The van der Waals surface area contributed by atoms with E-state index in [4.69, 9.17) is 18.6 Å². The van der Waals surface area contributed by atoms with Gasteiger partial charge in [-0.25, -0.2) is 18.7 Å². The van der Waals surface area contributed by atoms with Crippen molar-refractivity contribution in [3.05, 3.63) is 59.8 Å². The van der Waals surface area contributed by atoms with E-state index in [1.807, 2.05) is 0 Å². The molecule has 0 bridgehead atoms. The summed E-state index contributed by atoms with van der Waals surface area (Å²) in [7, 11) is 1.54. The van der Waals surface area contributed by atoms with Crippen molar-refractivity contribution >= 4 is 16.9 Å². The van der Waals surface area contributed by atoms with Crippen molar-refractivity contribution in [1.82, 2.24) is 30.2 Å². The van der Waals surface area contributed by atoms with Gasteiger partial charge in [-0.2, -0.15) is 0 Å². The lowest BCUT2D eigenvalue weighted by atomic mass is 10.2. The molecule has 4 heterocycles. The highest BCUT2D eigenvalue weighted by Gasteiger charge is 2.20. The predicted molar refractivity (Wildman–Crippen MR) is 135 cm³/mol. The number of benzene rings is 1. The molecule has 39 heavy (non-hydrogen) atoms. The molecule has 1 amide bonds. The van der Waals surface area contributed by atoms with Gasteiger partial charge in [0.15, 0.2) is 23.1 Å². The average Bonchev–Trinajstić information content (AvgIpc) is 3.55. The molecule has 0 fully saturated rings. The van der Waals surface area contributed by atoms with Crippen LogP contribution in [0.2, 0.25) is 0 Å². The molecule has 13 heteroatoms. The number of oxazole rings is 1. The molecule has 2 N–H and O–H groups in total. The Labute approximate surface area is 222 Å². The minimum atomic E-state index is -2.52. The van der Waals surface area contributed by atoms with Gasteiger partial charge < -0.3 is 33.8 Å². The van der Waals surface area contributed by atoms with Gasteiger partial charge in [-0.3, -0.25) is 9.78 Å². The van der Waals surface area contributed by atoms with Crippen LogP contribution in [0.25, 0.3) is 11.0 Å². The summed E-state index contributed by atoms with van der Waals surface area (Å²) < 4.78 is 50.0. The fraction of sp³-hybridized carbons (Fsp3) is 0.385. The fourth-order valence-corrected chi connectivity index (χ4v) is 4.29. The van der Waals surface area contributed by atoms with Gasteiger partial charge >= 0.3 is 0 Å². The SMILES string of the molecule is COc1cccnc1CNC(=O)c1coc(CCNCCc2nc3cc4c(cc3n2CC(F)F)OCCO4)n1. The summed E-state index contributed by atoms with van der Waals surface area (Å²) >= 11 is 0. The number of rotatable bonds is 12. The van der Waals surface area contributed by atoms with Crippen molar-refractivity contribution < 1.29 is 32.2 Å². The van der Waals surface area contributed by atoms with Gasteiger partial charge in [0.1, 0.15) is 36.7 Å². The lowest BCUT2D eigenvalue weighted by Crippen LogP contribution is -2.24. The molecule has 4 aromatic rings. The third-order valence-corrected chi connectivity index (χ3v) is 6.12. The zero-order valence-electron chi connectivity index (χ0n) is 21.3. The van der Waals surface area contributed by atoms with E-state index >= 15 is 0 Å². The largest absolute Gasteiger partial charge is 0.495 e. The Hall–Kier alpha value is -4.26. The van der Waals surface area contributed by atoms with Crippen LogP contribution in [-0.4, -0.2) is 65.3 Å². The van der Waals surface area contributed by atoms with E-state index in [1.54, 1.807) is 30.5 Å². The lowest BCUT2D eigenvalue weighted by molar-refractivity contribution is 0.0945. The molecule has 1 aliphatic heterocycles. The molecule has 0 aliphatic carbocycles. The highest BCUT2D eigenvalue weighted by atomic mass is 19.3. The fourth-order valence-electron chi connectivity index (χ4n) is 4.29. The van der Waals surface area contributed by atoms with Gasteiger partial charge in [0.25, 0.3) is 12.3 Å². The molecule has 0 saturated carbocycles. The Kier molecular flexibility index (Phi) is 8.16. The number of nitrogens with one attached hydrogen (secondary N) is 2. The maximum atomic E-state index is 13.3. The van der Waals surface area contributed by atoms with Crippen LogP contribution in [0.3, 0.4) is 0 Å². The maximum Gasteiger partial charge on any atom is 0.273 e. The van der Waals surface area contributed by atoms with Crippen molar-refractivity contribution in [1.29, 1.82) is 0 Å². The number of fused-ring (bicyclic) bond motifs is 2. The van der Waals surface area contributed by atoms with E-state index in [2.05, 4.69) is 25.6 Å². The van der Waals surface area contributed by atoms with Gasteiger partial charge in [-0.1, -0.05) is 0 Å². The van der Waals surface area contributed by atoms with Gasteiger partial charge in [-0.15, -0.1) is 0 Å². The van der Waals surface area contributed by atoms with E-state index in [0.717, 1.165) is 0 Å². The number of pyridine rings is 1. The summed E-state index contributed by atoms with van der Waals surface area (Å²) in [5.41, 5.74) is 1.93. The summed E-state index contributed by atoms with van der Waals surface area (Å²) in [4.78, 5) is 25.4. The number of carbonyl (C=O) groups excluding carboxylic acids is 1. The number of halogens is 2. The Morgan fingerprint density at radius 3 is 2.74 bits per heavy atom. The molecular weight excluding hydrogens is 514 g/mol. The molecule has 1 aromatic carbocycles. The number of amides is 1. The molecular formula is C26H28F2N6O5. The van der Waals surface area contributed by atoms with E-state index in [1.165, 1.54) is 17.9 Å². The zero-order chi connectivity index (χ0) is 27.2. The first-order valence-corrected chi connectivity index (χ1v) is 12.5. The molecule has 5 rings (SSSR count). The molecule has 3 aromatic heterocycles. The Morgan fingerprint density at radius 2 is 1.95 bits per heavy atom.